The van der Waals surface area contributed by atoms with Gasteiger partial charge in [0.15, 0.2) is 0 Å². The monoisotopic (exact) mass is 573 g/mol. The molecule has 0 aromatic carbocycles. The van der Waals surface area contributed by atoms with E-state index in [2.05, 4.69) is 0 Å². The summed E-state index contributed by atoms with van der Waals surface area (Å²) in [6.07, 6.45) is -6.28. The summed E-state index contributed by atoms with van der Waals surface area (Å²) in [4.78, 5) is 11.6. The van der Waals surface area contributed by atoms with Crippen LogP contribution in [0, 0.1) is 0 Å². The number of nitrogens with one attached hydrogen (secondary N) is 1. The van der Waals surface area contributed by atoms with Crippen molar-refractivity contribution in [1.29, 1.82) is 0 Å². The zero-order chi connectivity index (χ0) is 28.8. The topological polar surface area (TPSA) is 29.1 Å². The second kappa shape index (κ2) is 9.54. The van der Waals surface area contributed by atoms with Gasteiger partial charge >= 0.3 is 47.6 Å². The highest BCUT2D eigenvalue weighted by Crippen LogP contribution is 2.63. The van der Waals surface area contributed by atoms with Gasteiger partial charge in [0.1, 0.15) is 0 Å². The van der Waals surface area contributed by atoms with Gasteiger partial charge in [-0.2, -0.15) is 74.6 Å². The Morgan fingerprint density at radius 2 is 0.778 bits per heavy atom. The first kappa shape index (κ1) is 32.3. The molecule has 36 heavy (non-hydrogen) atoms. The molecule has 19 heteroatoms. The zero-order valence-electron chi connectivity index (χ0n) is 17.4. The lowest BCUT2D eigenvalue weighted by Gasteiger charge is -2.42. The summed E-state index contributed by atoms with van der Waals surface area (Å²) in [5, 5.41) is 1.12. The molecule has 1 N–H and O–H groups in total. The number of halogens is 17. The van der Waals surface area contributed by atoms with Crippen molar-refractivity contribution in [2.75, 3.05) is 0 Å². The summed E-state index contributed by atoms with van der Waals surface area (Å²) >= 11 is 0. The molecule has 1 rings (SSSR count). The van der Waals surface area contributed by atoms with E-state index in [0.29, 0.717) is 19.3 Å². The number of hydrogen-bond donors (Lipinski definition) is 1. The lowest BCUT2D eigenvalue weighted by atomic mass is 9.88. The van der Waals surface area contributed by atoms with Gasteiger partial charge in [-0.25, -0.2) is 0 Å². The maximum Gasteiger partial charge on any atom is 0.460 e. The number of carbonyl (C=O) groups excluding carboxylic acids is 1. The molecule has 0 spiro atoms. The minimum absolute atomic E-state index is 0.190. The van der Waals surface area contributed by atoms with Gasteiger partial charge < -0.3 is 5.32 Å². The van der Waals surface area contributed by atoms with Gasteiger partial charge in [-0.1, -0.05) is 32.1 Å². The van der Waals surface area contributed by atoms with Crippen molar-refractivity contribution < 1.29 is 79.4 Å². The number of carbonyl (C=O) groups is 1. The molecule has 1 aliphatic carbocycles. The molecule has 1 amide bonds. The largest absolute Gasteiger partial charge is 0.460 e. The van der Waals surface area contributed by atoms with E-state index in [1.54, 1.807) is 0 Å². The van der Waals surface area contributed by atoms with E-state index in [9.17, 15) is 79.4 Å². The summed E-state index contributed by atoms with van der Waals surface area (Å²) in [6.45, 7) is 0. The van der Waals surface area contributed by atoms with Crippen LogP contribution in [0.25, 0.3) is 0 Å². The number of alkyl halides is 17. The molecule has 2 nitrogen and oxygen atoms in total. The molecule has 1 aliphatic rings. The van der Waals surface area contributed by atoms with Crippen molar-refractivity contribution in [2.24, 2.45) is 0 Å². The van der Waals surface area contributed by atoms with Crippen molar-refractivity contribution in [3.63, 3.8) is 0 Å². The van der Waals surface area contributed by atoms with Crippen LogP contribution in [0.1, 0.15) is 44.9 Å². The van der Waals surface area contributed by atoms with Gasteiger partial charge in [0, 0.05) is 6.04 Å². The molecule has 0 bridgehead atoms. The predicted molar refractivity (Wildman–Crippen MR) is 84.9 cm³/mol. The highest BCUT2D eigenvalue weighted by Gasteiger charge is 2.95. The first-order chi connectivity index (χ1) is 15.7. The normalized spacial score (nSPS) is 19.0. The Morgan fingerprint density at radius 1 is 0.472 bits per heavy atom. The molecule has 0 saturated heterocycles. The molecule has 1 fully saturated rings. The molecular weight excluding hydrogens is 557 g/mol. The lowest BCUT2D eigenvalue weighted by Crippen LogP contribution is -2.75. The molecule has 0 atom stereocenters. The second-order valence-electron chi connectivity index (χ2n) is 8.03. The third-order valence-corrected chi connectivity index (χ3v) is 5.45. The van der Waals surface area contributed by atoms with Gasteiger partial charge in [0.05, 0.1) is 0 Å². The van der Waals surface area contributed by atoms with Crippen molar-refractivity contribution in [1.82, 2.24) is 5.32 Å². The summed E-state index contributed by atoms with van der Waals surface area (Å²) in [5.74, 6) is -61.1. The average molecular weight is 573 g/mol. The quantitative estimate of drug-likeness (QED) is 0.306. The molecule has 0 aromatic heterocycles. The number of rotatable bonds is 8. The van der Waals surface area contributed by atoms with E-state index in [-0.39, 0.29) is 25.7 Å². The van der Waals surface area contributed by atoms with Crippen molar-refractivity contribution in [3.05, 3.63) is 0 Å². The molecule has 214 valence electrons. The summed E-state index contributed by atoms with van der Waals surface area (Å²) in [6, 6.07) is -1.41. The van der Waals surface area contributed by atoms with Crippen LogP contribution in [0.5, 0.6) is 0 Å². The van der Waals surface area contributed by atoms with Crippen molar-refractivity contribution in [3.8, 4) is 0 Å². The summed E-state index contributed by atoms with van der Waals surface area (Å²) < 4.78 is 225. The van der Waals surface area contributed by atoms with Crippen LogP contribution in [0.15, 0.2) is 0 Å². The van der Waals surface area contributed by atoms with E-state index >= 15 is 0 Å². The molecule has 0 heterocycles. The lowest BCUT2D eigenvalue weighted by molar-refractivity contribution is -0.459. The average Bonchev–Trinajstić information content (AvgIpc) is 2.67. The van der Waals surface area contributed by atoms with Crippen LogP contribution < -0.4 is 5.32 Å². The van der Waals surface area contributed by atoms with Crippen molar-refractivity contribution >= 4 is 5.91 Å². The first-order valence-corrected chi connectivity index (χ1v) is 9.77. The fourth-order valence-corrected chi connectivity index (χ4v) is 3.18. The van der Waals surface area contributed by atoms with Gasteiger partial charge in [0.2, 0.25) is 0 Å². The van der Waals surface area contributed by atoms with Gasteiger partial charge in [-0.05, 0) is 12.8 Å². The van der Waals surface area contributed by atoms with Crippen LogP contribution in [-0.4, -0.2) is 59.6 Å². The van der Waals surface area contributed by atoms with Crippen molar-refractivity contribution in [2.45, 2.75) is 98.6 Å². The molecular formula is C17H16F17NO. The van der Waals surface area contributed by atoms with E-state index in [0.717, 1.165) is 5.32 Å². The fraction of sp³-hybridized carbons (Fsp3) is 0.941. The Kier molecular flexibility index (Phi) is 8.56. The molecule has 0 radical (unpaired) electrons. The minimum Gasteiger partial charge on any atom is -0.348 e. The van der Waals surface area contributed by atoms with Crippen LogP contribution in [0.2, 0.25) is 0 Å². The second-order valence-corrected chi connectivity index (χ2v) is 8.03. The Bertz CT molecular complexity index is 781. The highest BCUT2D eigenvalue weighted by atomic mass is 19.4. The van der Waals surface area contributed by atoms with Crippen LogP contribution in [0.4, 0.5) is 74.6 Å². The third kappa shape index (κ3) is 4.78. The van der Waals surface area contributed by atoms with Gasteiger partial charge in [-0.3, -0.25) is 4.79 Å². The minimum atomic E-state index is -8.71. The number of amides is 1. The van der Waals surface area contributed by atoms with E-state index in [1.165, 1.54) is 0 Å². The summed E-state index contributed by atoms with van der Waals surface area (Å²) in [7, 11) is 0. The smallest absolute Gasteiger partial charge is 0.348 e. The molecule has 0 unspecified atom stereocenters. The summed E-state index contributed by atoms with van der Waals surface area (Å²) in [5.41, 5.74) is 0. The number of hydrogen-bond acceptors (Lipinski definition) is 1. The Morgan fingerprint density at radius 3 is 1.14 bits per heavy atom. The Hall–Kier alpha value is -1.72. The predicted octanol–water partition coefficient (Wildman–Crippen LogP) is 7.22. The SMILES string of the molecule is O=C(NC1CCCCCCC1)C(F)(F)C(F)(F)C(F)(F)C(F)(F)C(F)(F)C(F)(F)C(F)(F)C(F)(F)F. The molecule has 0 aromatic rings. The molecule has 1 saturated carbocycles. The molecule has 0 aliphatic heterocycles. The van der Waals surface area contributed by atoms with Gasteiger partial charge in [0.25, 0.3) is 5.91 Å². The van der Waals surface area contributed by atoms with Crippen LogP contribution >= 0.6 is 0 Å². The maximum absolute atomic E-state index is 13.9. The standard InChI is InChI=1S/C17H16F17NO/c18-10(19,9(36)35-8-6-4-2-1-3-5-7-8)11(20,21)12(22,23)13(24,25)14(26,27)15(28,29)16(30,31)17(32,33)34/h8H,1-7H2,(H,35,36). The zero-order valence-corrected chi connectivity index (χ0v) is 17.4. The highest BCUT2D eigenvalue weighted by molar-refractivity contribution is 5.85. The first-order valence-electron chi connectivity index (χ1n) is 9.77. The van der Waals surface area contributed by atoms with Gasteiger partial charge in [-0.15, -0.1) is 0 Å². The Labute approximate surface area is 190 Å². The van der Waals surface area contributed by atoms with E-state index in [1.807, 2.05) is 0 Å². The fourth-order valence-electron chi connectivity index (χ4n) is 3.18. The Balaban J connectivity index is 3.44. The van der Waals surface area contributed by atoms with Crippen LogP contribution in [0.3, 0.4) is 0 Å². The van der Waals surface area contributed by atoms with Crippen LogP contribution in [-0.2, 0) is 4.79 Å². The third-order valence-electron chi connectivity index (χ3n) is 5.45. The maximum atomic E-state index is 13.9. The van der Waals surface area contributed by atoms with E-state index < -0.39 is 59.6 Å². The van der Waals surface area contributed by atoms with E-state index in [4.69, 9.17) is 0 Å².